The summed E-state index contributed by atoms with van der Waals surface area (Å²) in [5, 5.41) is -5.99. The van der Waals surface area contributed by atoms with Crippen LogP contribution < -0.4 is 5.32 Å². The normalized spacial score (nSPS) is 15.2. The van der Waals surface area contributed by atoms with E-state index in [1.165, 1.54) is 18.2 Å². The van der Waals surface area contributed by atoms with Gasteiger partial charge in [-0.3, -0.25) is 4.79 Å². The van der Waals surface area contributed by atoms with Gasteiger partial charge < -0.3 is 5.32 Å². The number of hydrogen-bond donors (Lipinski definition) is 1. The van der Waals surface area contributed by atoms with Gasteiger partial charge in [0.05, 0.1) is 0 Å². The van der Waals surface area contributed by atoms with Gasteiger partial charge in [-0.25, -0.2) is 0 Å². The van der Waals surface area contributed by atoms with E-state index in [0.717, 1.165) is 17.4 Å². The first-order chi connectivity index (χ1) is 15.2. The predicted molar refractivity (Wildman–Crippen MR) is 83.7 cm³/mol. The third-order valence-corrected chi connectivity index (χ3v) is 4.54. The molecular weight excluding hydrogens is 562 g/mol. The number of rotatable bonds is 10. The van der Waals surface area contributed by atoms with E-state index < -0.39 is 59.3 Å². The molecule has 202 valence electrons. The van der Waals surface area contributed by atoms with E-state index in [9.17, 15) is 75.0 Å². The van der Waals surface area contributed by atoms with Gasteiger partial charge in [0.1, 0.15) is 0 Å². The quantitative estimate of drug-likeness (QED) is 0.250. The van der Waals surface area contributed by atoms with Crippen molar-refractivity contribution in [2.24, 2.45) is 0 Å². The van der Waals surface area contributed by atoms with Crippen molar-refractivity contribution >= 4 is 17.5 Å². The molecule has 0 heterocycles. The predicted octanol–water partition coefficient (Wildman–Crippen LogP) is 6.58. The molecule has 0 radical (unpaired) electrons. The zero-order chi connectivity index (χ0) is 28.1. The Bertz CT molecular complexity index is 912. The number of alkyl halides is 17. The molecule has 0 unspecified atom stereocenters. The van der Waals surface area contributed by atoms with Gasteiger partial charge in [-0.2, -0.15) is 70.2 Å². The van der Waals surface area contributed by atoms with Crippen LogP contribution in [0.2, 0.25) is 0 Å². The van der Waals surface area contributed by atoms with Gasteiger partial charge >= 0.3 is 46.8 Å². The van der Waals surface area contributed by atoms with Gasteiger partial charge in [0.15, 0.2) is 0 Å². The maximum absolute atomic E-state index is 13.7. The first kappa shape index (κ1) is 30.9. The minimum atomic E-state index is -8.61. The van der Waals surface area contributed by atoms with Crippen LogP contribution in [0.1, 0.15) is 5.56 Å². The summed E-state index contributed by atoms with van der Waals surface area (Å²) in [4.78, 5) is 11.3. The molecule has 0 fully saturated rings. The highest BCUT2D eigenvalue weighted by Crippen LogP contribution is 2.64. The van der Waals surface area contributed by atoms with E-state index in [-0.39, 0.29) is 5.56 Å². The van der Waals surface area contributed by atoms with E-state index in [4.69, 9.17) is 0 Å². The number of halogens is 17. The Hall–Kier alpha value is -2.14. The largest absolute Gasteiger partial charge is 0.393 e. The zero-order valence-corrected chi connectivity index (χ0v) is 16.7. The summed E-state index contributed by atoms with van der Waals surface area (Å²) in [6, 6.07) is 5.76. The smallest absolute Gasteiger partial charge is 0.347 e. The van der Waals surface area contributed by atoms with Gasteiger partial charge in [0.25, 0.3) is 5.91 Å². The molecule has 0 bridgehead atoms. The van der Waals surface area contributed by atoms with Crippen molar-refractivity contribution in [2.75, 3.05) is 0 Å². The Morgan fingerprint density at radius 1 is 0.600 bits per heavy atom. The summed E-state index contributed by atoms with van der Waals surface area (Å²) >= 11 is 3.42. The molecular formula is C16H8ClF16NO. The standard InChI is InChI=1S/C16H8ClF16NO/c17-16(32,33)15(30,31)14(28,29)13(26,27)12(24,25)11(22,23)10(20,21)9(18,19)8(35)34-6-7-4-2-1-3-5-7/h1-5H,6H2,(H,34,35). The fourth-order valence-electron chi connectivity index (χ4n) is 2.20. The van der Waals surface area contributed by atoms with Crippen LogP contribution >= 0.6 is 11.6 Å². The van der Waals surface area contributed by atoms with Crippen molar-refractivity contribution in [1.82, 2.24) is 5.32 Å². The maximum atomic E-state index is 13.7. The number of nitrogens with one attached hydrogen (secondary N) is 1. The molecule has 35 heavy (non-hydrogen) atoms. The zero-order valence-electron chi connectivity index (χ0n) is 15.9. The Balaban J connectivity index is 3.47. The monoisotopic (exact) mass is 569 g/mol. The molecule has 2 nitrogen and oxygen atoms in total. The molecule has 1 amide bonds. The first-order valence-electron chi connectivity index (χ1n) is 8.28. The Kier molecular flexibility index (Phi) is 7.73. The van der Waals surface area contributed by atoms with Gasteiger partial charge in [-0.05, 0) is 17.2 Å². The lowest BCUT2D eigenvalue weighted by Crippen LogP contribution is -2.75. The number of carbonyl (C=O) groups excluding carboxylic acids is 1. The van der Waals surface area contributed by atoms with E-state index >= 15 is 0 Å². The molecule has 0 aromatic heterocycles. The van der Waals surface area contributed by atoms with Crippen LogP contribution in [-0.4, -0.2) is 52.7 Å². The number of carbonyl (C=O) groups is 1. The van der Waals surface area contributed by atoms with Crippen LogP contribution in [0.4, 0.5) is 70.2 Å². The molecule has 0 aliphatic rings. The SMILES string of the molecule is O=C(NCc1ccccc1)C(F)(F)C(F)(F)C(F)(F)C(F)(F)C(F)(F)C(F)(F)C(F)(F)C(F)(F)Cl. The van der Waals surface area contributed by atoms with Crippen LogP contribution in [0.25, 0.3) is 0 Å². The molecule has 1 rings (SSSR count). The second kappa shape index (κ2) is 8.76. The van der Waals surface area contributed by atoms with Crippen molar-refractivity contribution in [2.45, 2.75) is 53.4 Å². The molecule has 19 heteroatoms. The fraction of sp³-hybridized carbons (Fsp3) is 0.562. The van der Waals surface area contributed by atoms with Crippen molar-refractivity contribution in [3.8, 4) is 0 Å². The lowest BCUT2D eigenvalue weighted by atomic mass is 9.89. The van der Waals surface area contributed by atoms with Gasteiger partial charge in [-0.1, -0.05) is 30.3 Å². The molecule has 1 N–H and O–H groups in total. The average Bonchev–Trinajstić information content (AvgIpc) is 2.70. The van der Waals surface area contributed by atoms with Crippen LogP contribution in [0, 0.1) is 0 Å². The Labute approximate surface area is 188 Å². The fourth-order valence-corrected chi connectivity index (χ4v) is 2.31. The summed E-state index contributed by atoms with van der Waals surface area (Å²) < 4.78 is 214. The van der Waals surface area contributed by atoms with Crippen molar-refractivity contribution in [1.29, 1.82) is 0 Å². The molecule has 1 aromatic rings. The molecule has 0 atom stereocenters. The number of hydrogen-bond acceptors (Lipinski definition) is 1. The lowest BCUT2D eigenvalue weighted by molar-refractivity contribution is -0.446. The molecule has 0 aliphatic carbocycles. The maximum Gasteiger partial charge on any atom is 0.393 e. The second-order valence-corrected chi connectivity index (χ2v) is 7.16. The molecule has 0 aliphatic heterocycles. The van der Waals surface area contributed by atoms with Crippen molar-refractivity contribution in [3.63, 3.8) is 0 Å². The highest BCUT2D eigenvalue weighted by molar-refractivity contribution is 6.22. The highest BCUT2D eigenvalue weighted by atomic mass is 35.5. The van der Waals surface area contributed by atoms with E-state index in [1.54, 1.807) is 0 Å². The minimum Gasteiger partial charge on any atom is -0.347 e. The number of amides is 1. The van der Waals surface area contributed by atoms with Crippen LogP contribution in [0.5, 0.6) is 0 Å². The Morgan fingerprint density at radius 2 is 0.943 bits per heavy atom. The summed E-state index contributed by atoms with van der Waals surface area (Å²) in [5.74, 6) is -60.3. The second-order valence-electron chi connectivity index (χ2n) is 6.69. The van der Waals surface area contributed by atoms with Crippen LogP contribution in [0.15, 0.2) is 30.3 Å². The average molecular weight is 570 g/mol. The van der Waals surface area contributed by atoms with E-state index in [2.05, 4.69) is 11.6 Å². The molecule has 0 saturated heterocycles. The molecule has 0 saturated carbocycles. The first-order valence-corrected chi connectivity index (χ1v) is 8.66. The van der Waals surface area contributed by atoms with Crippen molar-refractivity contribution in [3.05, 3.63) is 35.9 Å². The van der Waals surface area contributed by atoms with Gasteiger partial charge in [0, 0.05) is 6.54 Å². The minimum absolute atomic E-state index is 0.174. The summed E-state index contributed by atoms with van der Waals surface area (Å²) in [5.41, 5.74) is -0.174. The van der Waals surface area contributed by atoms with E-state index in [1.807, 2.05) is 0 Å². The highest BCUT2D eigenvalue weighted by Gasteiger charge is 2.95. The lowest BCUT2D eigenvalue weighted by Gasteiger charge is -2.42. The summed E-state index contributed by atoms with van der Waals surface area (Å²) in [7, 11) is 0. The number of benzene rings is 1. The molecule has 1 aromatic carbocycles. The van der Waals surface area contributed by atoms with Crippen LogP contribution in [0.3, 0.4) is 0 Å². The molecule has 0 spiro atoms. The topological polar surface area (TPSA) is 29.1 Å². The summed E-state index contributed by atoms with van der Waals surface area (Å²) in [6.45, 7) is -1.15. The summed E-state index contributed by atoms with van der Waals surface area (Å²) in [6.07, 6.45) is 0. The van der Waals surface area contributed by atoms with Crippen LogP contribution in [-0.2, 0) is 11.3 Å². The third kappa shape index (κ3) is 4.45. The van der Waals surface area contributed by atoms with Gasteiger partial charge in [-0.15, -0.1) is 0 Å². The van der Waals surface area contributed by atoms with E-state index in [0.29, 0.717) is 0 Å². The van der Waals surface area contributed by atoms with Crippen molar-refractivity contribution < 1.29 is 75.0 Å². The third-order valence-electron chi connectivity index (χ3n) is 4.30. The van der Waals surface area contributed by atoms with Gasteiger partial charge in [0.2, 0.25) is 0 Å². The Morgan fingerprint density at radius 3 is 1.31 bits per heavy atom.